The number of hydrogen-bond donors (Lipinski definition) is 3. The average molecular weight is 483 g/mol. The van der Waals surface area contributed by atoms with E-state index in [1.165, 1.54) is 34.0 Å². The van der Waals surface area contributed by atoms with Crippen LogP contribution in [0.2, 0.25) is 0 Å². The third-order valence-corrected chi connectivity index (χ3v) is 7.42. The Labute approximate surface area is 203 Å². The molecule has 2 atom stereocenters. The lowest BCUT2D eigenvalue weighted by molar-refractivity contribution is -0.138. The van der Waals surface area contributed by atoms with Gasteiger partial charge in [-0.15, -0.1) is 0 Å². The molecule has 2 aromatic rings. The number of rotatable bonds is 10. The van der Waals surface area contributed by atoms with Gasteiger partial charge < -0.3 is 20.5 Å². The lowest BCUT2D eigenvalue weighted by atomic mass is 9.98. The van der Waals surface area contributed by atoms with Gasteiger partial charge in [0.05, 0.1) is 5.75 Å². The van der Waals surface area contributed by atoms with Crippen molar-refractivity contribution in [2.24, 2.45) is 5.92 Å². The molecule has 0 saturated heterocycles. The number of carbonyl (C=O) groups is 3. The highest BCUT2D eigenvalue weighted by Crippen LogP contribution is 2.44. The van der Waals surface area contributed by atoms with Gasteiger partial charge in [0.25, 0.3) is 0 Å². The van der Waals surface area contributed by atoms with Crippen LogP contribution in [0.1, 0.15) is 42.7 Å². The molecule has 180 valence electrons. The van der Waals surface area contributed by atoms with Crippen LogP contribution in [0.15, 0.2) is 48.5 Å². The second-order valence-corrected chi connectivity index (χ2v) is 9.95. The maximum atomic E-state index is 12.2. The molecule has 0 heterocycles. The third kappa shape index (κ3) is 6.11. The van der Waals surface area contributed by atoms with Crippen molar-refractivity contribution in [3.63, 3.8) is 0 Å². The first-order chi connectivity index (χ1) is 16.5. The summed E-state index contributed by atoms with van der Waals surface area (Å²) in [6.45, 7) is 0.693. The number of alkyl carbamates (subject to hydrolysis) is 1. The Bertz CT molecular complexity index is 998. The van der Waals surface area contributed by atoms with E-state index in [9.17, 15) is 14.4 Å². The summed E-state index contributed by atoms with van der Waals surface area (Å²) < 4.78 is 5.51. The highest BCUT2D eigenvalue weighted by Gasteiger charge is 2.29. The average Bonchev–Trinajstić information content (AvgIpc) is 3.38. The quantitative estimate of drug-likeness (QED) is 0.442. The van der Waals surface area contributed by atoms with Gasteiger partial charge in [0.2, 0.25) is 5.91 Å². The van der Waals surface area contributed by atoms with E-state index in [1.54, 1.807) is 0 Å². The van der Waals surface area contributed by atoms with Gasteiger partial charge >= 0.3 is 12.1 Å². The van der Waals surface area contributed by atoms with Gasteiger partial charge in [0.15, 0.2) is 0 Å². The second kappa shape index (κ2) is 11.4. The van der Waals surface area contributed by atoms with Crippen LogP contribution in [-0.2, 0) is 14.3 Å². The fourth-order valence-corrected chi connectivity index (χ4v) is 5.61. The van der Waals surface area contributed by atoms with Crippen molar-refractivity contribution in [3.8, 4) is 11.1 Å². The van der Waals surface area contributed by atoms with Crippen LogP contribution in [-0.4, -0.2) is 53.8 Å². The topological polar surface area (TPSA) is 105 Å². The van der Waals surface area contributed by atoms with Crippen molar-refractivity contribution >= 4 is 29.7 Å². The van der Waals surface area contributed by atoms with Crippen LogP contribution in [0.5, 0.6) is 0 Å². The van der Waals surface area contributed by atoms with Gasteiger partial charge in [-0.3, -0.25) is 9.59 Å². The van der Waals surface area contributed by atoms with Gasteiger partial charge in [-0.2, -0.15) is 11.8 Å². The Morgan fingerprint density at radius 3 is 2.35 bits per heavy atom. The van der Waals surface area contributed by atoms with Crippen LogP contribution >= 0.6 is 11.8 Å². The molecular formula is C26H30N2O5S. The summed E-state index contributed by atoms with van der Waals surface area (Å²) in [5.74, 6) is 0.262. The van der Waals surface area contributed by atoms with E-state index in [1.807, 2.05) is 24.3 Å². The molecule has 2 aliphatic rings. The van der Waals surface area contributed by atoms with Crippen LogP contribution in [0.25, 0.3) is 11.1 Å². The molecule has 1 saturated carbocycles. The summed E-state index contributed by atoms with van der Waals surface area (Å²) in [5, 5.41) is 14.6. The SMILES string of the molecule is O=C(O)C[C@H]1CC[C@@H](NC(=O)CSCCNC(=O)OCC2c3ccccc3-c3ccccc32)C1. The van der Waals surface area contributed by atoms with Crippen molar-refractivity contribution in [1.82, 2.24) is 10.6 Å². The Balaban J connectivity index is 1.12. The van der Waals surface area contributed by atoms with Gasteiger partial charge in [-0.25, -0.2) is 4.79 Å². The molecule has 8 heteroatoms. The smallest absolute Gasteiger partial charge is 0.407 e. The first-order valence-corrected chi connectivity index (χ1v) is 12.8. The summed E-state index contributed by atoms with van der Waals surface area (Å²) in [5.41, 5.74) is 4.73. The molecule has 4 rings (SSSR count). The molecule has 2 aliphatic carbocycles. The van der Waals surface area contributed by atoms with Crippen molar-refractivity contribution in [1.29, 1.82) is 0 Å². The van der Waals surface area contributed by atoms with Gasteiger partial charge in [-0.1, -0.05) is 48.5 Å². The van der Waals surface area contributed by atoms with E-state index in [0.717, 1.165) is 19.3 Å². The number of carboxylic acids is 1. The number of amides is 2. The molecule has 0 spiro atoms. The summed E-state index contributed by atoms with van der Waals surface area (Å²) in [7, 11) is 0. The van der Waals surface area contributed by atoms with Gasteiger partial charge in [0, 0.05) is 30.7 Å². The number of fused-ring (bicyclic) bond motifs is 3. The zero-order valence-electron chi connectivity index (χ0n) is 19.0. The molecule has 2 amide bonds. The Morgan fingerprint density at radius 2 is 1.68 bits per heavy atom. The second-order valence-electron chi connectivity index (χ2n) is 8.85. The summed E-state index contributed by atoms with van der Waals surface area (Å²) in [6.07, 6.45) is 2.11. The van der Waals surface area contributed by atoms with E-state index >= 15 is 0 Å². The molecular weight excluding hydrogens is 452 g/mol. The molecule has 1 fully saturated rings. The molecule has 0 radical (unpaired) electrons. The molecule has 7 nitrogen and oxygen atoms in total. The van der Waals surface area contributed by atoms with Crippen LogP contribution in [0.3, 0.4) is 0 Å². The minimum absolute atomic E-state index is 0.0295. The molecule has 0 aliphatic heterocycles. The fraction of sp³-hybridized carbons (Fsp3) is 0.423. The van der Waals surface area contributed by atoms with E-state index < -0.39 is 12.1 Å². The highest BCUT2D eigenvalue weighted by atomic mass is 32.2. The molecule has 2 aromatic carbocycles. The summed E-state index contributed by atoms with van der Waals surface area (Å²) >= 11 is 1.45. The lowest BCUT2D eigenvalue weighted by Gasteiger charge is -2.15. The fourth-order valence-electron chi connectivity index (χ4n) is 4.95. The maximum absolute atomic E-state index is 12.2. The predicted octanol–water partition coefficient (Wildman–Crippen LogP) is 4.02. The summed E-state index contributed by atoms with van der Waals surface area (Å²) in [4.78, 5) is 35.1. The largest absolute Gasteiger partial charge is 0.481 e. The minimum Gasteiger partial charge on any atom is -0.481 e. The Kier molecular flexibility index (Phi) is 8.11. The lowest BCUT2D eigenvalue weighted by Crippen LogP contribution is -2.34. The summed E-state index contributed by atoms with van der Waals surface area (Å²) in [6, 6.07) is 16.5. The zero-order valence-corrected chi connectivity index (χ0v) is 19.8. The van der Waals surface area contributed by atoms with E-state index in [0.29, 0.717) is 18.1 Å². The normalized spacial score (nSPS) is 18.7. The number of thioether (sulfide) groups is 1. The first-order valence-electron chi connectivity index (χ1n) is 11.7. The monoisotopic (exact) mass is 482 g/mol. The van der Waals surface area contributed by atoms with Crippen molar-refractivity contribution < 1.29 is 24.2 Å². The van der Waals surface area contributed by atoms with Gasteiger partial charge in [-0.05, 0) is 47.4 Å². The molecule has 0 aromatic heterocycles. The predicted molar refractivity (Wildman–Crippen MR) is 132 cm³/mol. The standard InChI is InChI=1S/C26H30N2O5S/c29-24(28-18-10-9-17(13-18)14-25(30)31)16-34-12-11-27-26(32)33-15-23-21-7-3-1-5-19(21)20-6-2-4-8-22(20)23/h1-8,17-18,23H,9-16H2,(H,27,32)(H,28,29)(H,30,31)/t17-,18+/m0/s1. The molecule has 34 heavy (non-hydrogen) atoms. The number of hydrogen-bond acceptors (Lipinski definition) is 5. The van der Waals surface area contributed by atoms with Crippen molar-refractivity contribution in [2.75, 3.05) is 24.7 Å². The molecule has 0 unspecified atom stereocenters. The number of benzene rings is 2. The van der Waals surface area contributed by atoms with E-state index in [4.69, 9.17) is 9.84 Å². The Morgan fingerprint density at radius 1 is 1.00 bits per heavy atom. The number of ether oxygens (including phenoxy) is 1. The Hall–Kier alpha value is -3.00. The third-order valence-electron chi connectivity index (χ3n) is 6.46. The number of carbonyl (C=O) groups excluding carboxylic acids is 2. The minimum atomic E-state index is -0.781. The number of nitrogens with one attached hydrogen (secondary N) is 2. The first kappa shape index (κ1) is 24.1. The van der Waals surface area contributed by atoms with E-state index in [2.05, 4.69) is 34.9 Å². The number of carboxylic acid groups (broad SMARTS) is 1. The van der Waals surface area contributed by atoms with Crippen LogP contribution in [0, 0.1) is 5.92 Å². The van der Waals surface area contributed by atoms with Gasteiger partial charge in [0.1, 0.15) is 6.61 Å². The maximum Gasteiger partial charge on any atom is 0.407 e. The van der Waals surface area contributed by atoms with Crippen molar-refractivity contribution in [2.45, 2.75) is 37.6 Å². The molecule has 3 N–H and O–H groups in total. The highest BCUT2D eigenvalue weighted by molar-refractivity contribution is 7.99. The number of aliphatic carboxylic acids is 1. The van der Waals surface area contributed by atoms with Crippen LogP contribution in [0.4, 0.5) is 4.79 Å². The molecule has 0 bridgehead atoms. The van der Waals surface area contributed by atoms with E-state index in [-0.39, 0.29) is 36.8 Å². The zero-order chi connectivity index (χ0) is 23.9. The van der Waals surface area contributed by atoms with Crippen molar-refractivity contribution in [3.05, 3.63) is 59.7 Å². The van der Waals surface area contributed by atoms with Crippen LogP contribution < -0.4 is 10.6 Å².